The maximum Gasteiger partial charge on any atom is 0.220 e. The molecular weight excluding hydrogens is 176 g/mol. The summed E-state index contributed by atoms with van der Waals surface area (Å²) in [5.41, 5.74) is 5.98. The van der Waals surface area contributed by atoms with Gasteiger partial charge in [-0.15, -0.1) is 0 Å². The molecule has 14 heavy (non-hydrogen) atoms. The van der Waals surface area contributed by atoms with Gasteiger partial charge in [-0.3, -0.25) is 4.79 Å². The second-order valence-corrected chi connectivity index (χ2v) is 4.26. The molecule has 1 rings (SSSR count). The van der Waals surface area contributed by atoms with E-state index in [1.165, 1.54) is 12.8 Å². The van der Waals surface area contributed by atoms with Gasteiger partial charge in [-0.2, -0.15) is 0 Å². The van der Waals surface area contributed by atoms with Gasteiger partial charge >= 0.3 is 0 Å². The second kappa shape index (κ2) is 6.02. The van der Waals surface area contributed by atoms with Crippen LogP contribution in [0.1, 0.15) is 45.4 Å². The van der Waals surface area contributed by atoms with E-state index in [-0.39, 0.29) is 11.9 Å². The topological polar surface area (TPSA) is 55.1 Å². The number of nitrogens with one attached hydrogen (secondary N) is 1. The zero-order chi connectivity index (χ0) is 10.4. The van der Waals surface area contributed by atoms with Crippen LogP contribution in [0.2, 0.25) is 0 Å². The van der Waals surface area contributed by atoms with Crippen LogP contribution < -0.4 is 11.1 Å². The van der Waals surface area contributed by atoms with Crippen molar-refractivity contribution in [3.05, 3.63) is 0 Å². The largest absolute Gasteiger partial charge is 0.356 e. The Bertz CT molecular complexity index is 182. The molecule has 1 fully saturated rings. The Hall–Kier alpha value is -0.570. The Kier molecular flexibility index (Phi) is 4.94. The van der Waals surface area contributed by atoms with Crippen LogP contribution in [0, 0.1) is 5.92 Å². The number of nitrogens with two attached hydrogens (primary N) is 1. The lowest BCUT2D eigenvalue weighted by molar-refractivity contribution is -0.122. The molecule has 0 aromatic carbocycles. The maximum absolute atomic E-state index is 11.4. The molecule has 0 saturated heterocycles. The molecule has 0 spiro atoms. The third kappa shape index (κ3) is 3.66. The minimum absolute atomic E-state index is 0.175. The molecule has 1 aliphatic carbocycles. The van der Waals surface area contributed by atoms with E-state index < -0.39 is 0 Å². The summed E-state index contributed by atoms with van der Waals surface area (Å²) in [5, 5.41) is 2.91. The molecule has 0 aromatic heterocycles. The monoisotopic (exact) mass is 198 g/mol. The van der Waals surface area contributed by atoms with Crippen molar-refractivity contribution in [1.29, 1.82) is 0 Å². The van der Waals surface area contributed by atoms with Crippen molar-refractivity contribution in [2.75, 3.05) is 6.54 Å². The van der Waals surface area contributed by atoms with Crippen LogP contribution in [0.5, 0.6) is 0 Å². The molecule has 2 atom stereocenters. The molecule has 0 radical (unpaired) electrons. The van der Waals surface area contributed by atoms with Crippen molar-refractivity contribution < 1.29 is 4.79 Å². The van der Waals surface area contributed by atoms with Crippen molar-refractivity contribution in [2.24, 2.45) is 11.7 Å². The van der Waals surface area contributed by atoms with Crippen molar-refractivity contribution in [1.82, 2.24) is 5.32 Å². The Balaban J connectivity index is 2.23. The van der Waals surface area contributed by atoms with E-state index in [0.717, 1.165) is 25.8 Å². The standard InChI is InChI=1S/C11H22N2O/c1-2-7-13-11(14)8-9-5-3-4-6-10(9)12/h9-10H,2-8,12H2,1H3,(H,13,14). The fourth-order valence-corrected chi connectivity index (χ4v) is 2.06. The summed E-state index contributed by atoms with van der Waals surface area (Å²) in [4.78, 5) is 11.4. The molecule has 3 nitrogen and oxygen atoms in total. The molecule has 2 unspecified atom stereocenters. The minimum atomic E-state index is 0.175. The van der Waals surface area contributed by atoms with E-state index in [4.69, 9.17) is 5.73 Å². The van der Waals surface area contributed by atoms with Crippen LogP contribution >= 0.6 is 0 Å². The van der Waals surface area contributed by atoms with Gasteiger partial charge in [0.15, 0.2) is 0 Å². The average Bonchev–Trinajstić information content (AvgIpc) is 2.18. The van der Waals surface area contributed by atoms with Crippen LogP contribution in [0.3, 0.4) is 0 Å². The third-order valence-corrected chi connectivity index (χ3v) is 2.99. The van der Waals surface area contributed by atoms with Gasteiger partial charge in [0.25, 0.3) is 0 Å². The molecule has 0 heterocycles. The van der Waals surface area contributed by atoms with Gasteiger partial charge < -0.3 is 11.1 Å². The van der Waals surface area contributed by atoms with Gasteiger partial charge in [0, 0.05) is 19.0 Å². The van der Waals surface area contributed by atoms with Gasteiger partial charge in [-0.25, -0.2) is 0 Å². The van der Waals surface area contributed by atoms with Crippen molar-refractivity contribution in [2.45, 2.75) is 51.5 Å². The first kappa shape index (κ1) is 11.5. The van der Waals surface area contributed by atoms with Crippen molar-refractivity contribution in [3.63, 3.8) is 0 Å². The average molecular weight is 198 g/mol. The fraction of sp³-hybridized carbons (Fsp3) is 0.909. The van der Waals surface area contributed by atoms with Crippen LogP contribution in [0.25, 0.3) is 0 Å². The van der Waals surface area contributed by atoms with Gasteiger partial charge in [0.2, 0.25) is 5.91 Å². The van der Waals surface area contributed by atoms with E-state index in [1.54, 1.807) is 0 Å². The van der Waals surface area contributed by atoms with Crippen LogP contribution in [0.15, 0.2) is 0 Å². The van der Waals surface area contributed by atoms with Crippen LogP contribution in [0.4, 0.5) is 0 Å². The fourth-order valence-electron chi connectivity index (χ4n) is 2.06. The van der Waals surface area contributed by atoms with Crippen molar-refractivity contribution in [3.8, 4) is 0 Å². The third-order valence-electron chi connectivity index (χ3n) is 2.99. The van der Waals surface area contributed by atoms with E-state index in [2.05, 4.69) is 12.2 Å². The van der Waals surface area contributed by atoms with Crippen LogP contribution in [-0.2, 0) is 4.79 Å². The molecule has 0 aliphatic heterocycles. The second-order valence-electron chi connectivity index (χ2n) is 4.26. The molecule has 1 amide bonds. The zero-order valence-corrected chi connectivity index (χ0v) is 9.09. The van der Waals surface area contributed by atoms with Gasteiger partial charge in [-0.05, 0) is 25.2 Å². The van der Waals surface area contributed by atoms with Gasteiger partial charge in [0.05, 0.1) is 0 Å². The predicted molar refractivity (Wildman–Crippen MR) is 57.9 cm³/mol. The molecular formula is C11H22N2O. The van der Waals surface area contributed by atoms with Crippen LogP contribution in [-0.4, -0.2) is 18.5 Å². The number of hydrogen-bond donors (Lipinski definition) is 2. The van der Waals surface area contributed by atoms with E-state index in [9.17, 15) is 4.79 Å². The smallest absolute Gasteiger partial charge is 0.220 e. The quantitative estimate of drug-likeness (QED) is 0.718. The highest BCUT2D eigenvalue weighted by Crippen LogP contribution is 2.25. The molecule has 1 aliphatic rings. The first-order valence-corrected chi connectivity index (χ1v) is 5.76. The molecule has 3 heteroatoms. The summed E-state index contributed by atoms with van der Waals surface area (Å²) in [6.07, 6.45) is 6.31. The summed E-state index contributed by atoms with van der Waals surface area (Å²) in [6, 6.07) is 0.246. The Morgan fingerprint density at radius 2 is 2.14 bits per heavy atom. The summed E-state index contributed by atoms with van der Waals surface area (Å²) < 4.78 is 0. The number of hydrogen-bond acceptors (Lipinski definition) is 2. The van der Waals surface area contributed by atoms with E-state index in [1.807, 2.05) is 0 Å². The van der Waals surface area contributed by atoms with E-state index >= 15 is 0 Å². The molecule has 3 N–H and O–H groups in total. The number of carbonyl (C=O) groups excluding carboxylic acids is 1. The summed E-state index contributed by atoms with van der Waals surface area (Å²) in [5.74, 6) is 0.592. The number of rotatable bonds is 4. The summed E-state index contributed by atoms with van der Waals surface area (Å²) >= 11 is 0. The molecule has 0 aromatic rings. The summed E-state index contributed by atoms with van der Waals surface area (Å²) in [6.45, 7) is 2.85. The lowest BCUT2D eigenvalue weighted by Crippen LogP contribution is -2.37. The SMILES string of the molecule is CCCNC(=O)CC1CCCCC1N. The molecule has 1 saturated carbocycles. The first-order chi connectivity index (χ1) is 6.74. The predicted octanol–water partition coefficient (Wildman–Crippen LogP) is 1.42. The van der Waals surface area contributed by atoms with Gasteiger partial charge in [0.1, 0.15) is 0 Å². The highest BCUT2D eigenvalue weighted by molar-refractivity contribution is 5.76. The Morgan fingerprint density at radius 3 is 2.79 bits per heavy atom. The number of amides is 1. The number of carbonyl (C=O) groups is 1. The highest BCUT2D eigenvalue weighted by atomic mass is 16.1. The lowest BCUT2D eigenvalue weighted by Gasteiger charge is -2.27. The highest BCUT2D eigenvalue weighted by Gasteiger charge is 2.23. The first-order valence-electron chi connectivity index (χ1n) is 5.76. The zero-order valence-electron chi connectivity index (χ0n) is 9.09. The Labute approximate surface area is 86.4 Å². The lowest BCUT2D eigenvalue weighted by atomic mass is 9.83. The molecule has 0 bridgehead atoms. The minimum Gasteiger partial charge on any atom is -0.356 e. The molecule has 82 valence electrons. The Morgan fingerprint density at radius 1 is 1.43 bits per heavy atom. The normalized spacial score (nSPS) is 27.3. The van der Waals surface area contributed by atoms with Gasteiger partial charge in [-0.1, -0.05) is 19.8 Å². The summed E-state index contributed by atoms with van der Waals surface area (Å²) in [7, 11) is 0. The van der Waals surface area contributed by atoms with Crippen molar-refractivity contribution >= 4 is 5.91 Å². The maximum atomic E-state index is 11.4. The van der Waals surface area contributed by atoms with E-state index in [0.29, 0.717) is 12.3 Å².